The van der Waals surface area contributed by atoms with Gasteiger partial charge in [0.05, 0.1) is 6.20 Å². The van der Waals surface area contributed by atoms with Gasteiger partial charge in [0.2, 0.25) is 0 Å². The van der Waals surface area contributed by atoms with Crippen LogP contribution in [0.2, 0.25) is 0 Å². The lowest BCUT2D eigenvalue weighted by molar-refractivity contribution is 0.0667. The van der Waals surface area contributed by atoms with Gasteiger partial charge in [0.15, 0.2) is 0 Å². The molecule has 4 heteroatoms. The van der Waals surface area contributed by atoms with Crippen LogP contribution < -0.4 is 0 Å². The minimum absolute atomic E-state index is 0.0421. The van der Waals surface area contributed by atoms with Gasteiger partial charge in [-0.1, -0.05) is 20.8 Å². The van der Waals surface area contributed by atoms with Crippen molar-refractivity contribution in [2.75, 3.05) is 6.54 Å². The van der Waals surface area contributed by atoms with E-state index >= 15 is 0 Å². The smallest absolute Gasteiger partial charge is 0.309 e. The van der Waals surface area contributed by atoms with Crippen molar-refractivity contribution in [2.45, 2.75) is 53.0 Å². The number of oxazole rings is 1. The van der Waals surface area contributed by atoms with Gasteiger partial charge in [-0.25, -0.2) is 4.98 Å². The highest BCUT2D eigenvalue weighted by atomic mass is 16.4. The molecule has 3 rings (SSSR count). The summed E-state index contributed by atoms with van der Waals surface area (Å²) >= 11 is 0. The number of hydrogen-bond donors (Lipinski definition) is 0. The first-order valence-electron chi connectivity index (χ1n) is 7.02. The molecule has 1 saturated carbocycles. The lowest BCUT2D eigenvalue weighted by atomic mass is 9.65. The molecule has 2 bridgehead atoms. The van der Waals surface area contributed by atoms with E-state index in [-0.39, 0.29) is 17.2 Å². The molecular formula is C15H22N2O2. The van der Waals surface area contributed by atoms with E-state index in [1.807, 2.05) is 11.8 Å². The van der Waals surface area contributed by atoms with Crippen molar-refractivity contribution in [3.8, 4) is 0 Å². The van der Waals surface area contributed by atoms with Crippen LogP contribution in [0.15, 0.2) is 10.6 Å². The molecule has 1 aliphatic carbocycles. The van der Waals surface area contributed by atoms with Gasteiger partial charge < -0.3 is 9.32 Å². The number of rotatable bonds is 1. The quantitative estimate of drug-likeness (QED) is 0.781. The molecule has 2 atom stereocenters. The van der Waals surface area contributed by atoms with Crippen molar-refractivity contribution in [1.29, 1.82) is 0 Å². The van der Waals surface area contributed by atoms with Crippen LogP contribution in [0.5, 0.6) is 0 Å². The Morgan fingerprint density at radius 2 is 2.16 bits per heavy atom. The molecule has 1 aromatic rings. The Labute approximate surface area is 114 Å². The first-order chi connectivity index (χ1) is 8.78. The van der Waals surface area contributed by atoms with Crippen molar-refractivity contribution in [3.05, 3.63) is 17.8 Å². The van der Waals surface area contributed by atoms with E-state index < -0.39 is 0 Å². The van der Waals surface area contributed by atoms with Gasteiger partial charge in [-0.15, -0.1) is 0 Å². The molecule has 0 radical (unpaired) electrons. The number of likely N-dealkylation sites (tertiary alicyclic amines) is 1. The molecule has 1 aliphatic heterocycles. The second-order valence-corrected chi connectivity index (χ2v) is 7.42. The Morgan fingerprint density at radius 1 is 1.42 bits per heavy atom. The summed E-state index contributed by atoms with van der Waals surface area (Å²) in [6.45, 7) is 9.56. The number of carbonyl (C=O) groups excluding carboxylic acids is 1. The topological polar surface area (TPSA) is 46.3 Å². The summed E-state index contributed by atoms with van der Waals surface area (Å²) in [5.74, 6) is 0.892. The highest BCUT2D eigenvalue weighted by molar-refractivity contribution is 5.90. The Balaban J connectivity index is 1.86. The summed E-state index contributed by atoms with van der Waals surface area (Å²) in [5, 5.41) is 0. The van der Waals surface area contributed by atoms with Gasteiger partial charge in [0.25, 0.3) is 5.89 Å². The summed E-state index contributed by atoms with van der Waals surface area (Å²) in [5.41, 5.74) is 0.572. The third-order valence-electron chi connectivity index (χ3n) is 4.48. The van der Waals surface area contributed by atoms with Crippen molar-refractivity contribution in [3.63, 3.8) is 0 Å². The number of hydrogen-bond acceptors (Lipinski definition) is 3. The van der Waals surface area contributed by atoms with Crippen LogP contribution >= 0.6 is 0 Å². The fraction of sp³-hybridized carbons (Fsp3) is 0.733. The second kappa shape index (κ2) is 3.84. The standard InChI is InChI=1S/C15H22N2O2/c1-10-7-16-12(19-10)13(18)17-9-15(4)6-11(17)5-14(2,3)8-15/h7,11H,5-6,8-9H2,1-4H3. The van der Waals surface area contributed by atoms with E-state index in [2.05, 4.69) is 25.8 Å². The second-order valence-electron chi connectivity index (χ2n) is 7.42. The lowest BCUT2D eigenvalue weighted by Crippen LogP contribution is -2.37. The number of aromatic nitrogens is 1. The van der Waals surface area contributed by atoms with E-state index in [1.54, 1.807) is 6.20 Å². The summed E-state index contributed by atoms with van der Waals surface area (Å²) in [6, 6.07) is 0.341. The molecule has 0 aromatic carbocycles. The van der Waals surface area contributed by atoms with Crippen molar-refractivity contribution in [1.82, 2.24) is 9.88 Å². The first kappa shape index (κ1) is 12.7. The van der Waals surface area contributed by atoms with Crippen LogP contribution in [0.1, 0.15) is 56.5 Å². The highest BCUT2D eigenvalue weighted by Crippen LogP contribution is 2.52. The van der Waals surface area contributed by atoms with Gasteiger partial charge >= 0.3 is 5.91 Å². The minimum atomic E-state index is -0.0421. The van der Waals surface area contributed by atoms with Crippen molar-refractivity contribution < 1.29 is 9.21 Å². The average molecular weight is 262 g/mol. The Kier molecular flexibility index (Phi) is 2.57. The van der Waals surface area contributed by atoms with E-state index in [1.165, 1.54) is 6.42 Å². The van der Waals surface area contributed by atoms with Crippen LogP contribution in [0, 0.1) is 17.8 Å². The maximum atomic E-state index is 12.5. The van der Waals surface area contributed by atoms with Gasteiger partial charge in [-0.2, -0.15) is 0 Å². The van der Waals surface area contributed by atoms with Crippen molar-refractivity contribution in [2.24, 2.45) is 10.8 Å². The zero-order valence-electron chi connectivity index (χ0n) is 12.2. The largest absolute Gasteiger partial charge is 0.438 e. The van der Waals surface area contributed by atoms with Gasteiger partial charge in [-0.05, 0) is 37.0 Å². The monoisotopic (exact) mass is 262 g/mol. The van der Waals surface area contributed by atoms with Crippen LogP contribution in [0.4, 0.5) is 0 Å². The Morgan fingerprint density at radius 3 is 2.79 bits per heavy atom. The fourth-order valence-electron chi connectivity index (χ4n) is 4.27. The Bertz CT molecular complexity index is 520. The molecule has 0 spiro atoms. The van der Waals surface area contributed by atoms with Crippen LogP contribution in [0.3, 0.4) is 0 Å². The average Bonchev–Trinajstić information content (AvgIpc) is 2.78. The first-order valence-corrected chi connectivity index (χ1v) is 7.02. The SMILES string of the molecule is Cc1cnc(C(=O)N2CC3(C)CC2CC(C)(C)C3)o1. The van der Waals surface area contributed by atoms with Crippen LogP contribution in [0.25, 0.3) is 0 Å². The number of fused-ring (bicyclic) bond motifs is 2. The third kappa shape index (κ3) is 2.17. The number of nitrogens with zero attached hydrogens (tertiary/aromatic N) is 2. The maximum Gasteiger partial charge on any atom is 0.309 e. The van der Waals surface area contributed by atoms with E-state index in [0.29, 0.717) is 17.2 Å². The zero-order chi connectivity index (χ0) is 13.8. The van der Waals surface area contributed by atoms with Crippen molar-refractivity contribution >= 4 is 5.91 Å². The normalized spacial score (nSPS) is 32.6. The third-order valence-corrected chi connectivity index (χ3v) is 4.48. The molecule has 1 amide bonds. The van der Waals surface area contributed by atoms with Gasteiger partial charge in [-0.3, -0.25) is 4.79 Å². The van der Waals surface area contributed by atoms with E-state index in [0.717, 1.165) is 19.4 Å². The lowest BCUT2D eigenvalue weighted by Gasteiger charge is -2.39. The zero-order valence-corrected chi connectivity index (χ0v) is 12.2. The molecule has 19 heavy (non-hydrogen) atoms. The maximum absolute atomic E-state index is 12.5. The molecular weight excluding hydrogens is 240 g/mol. The Hall–Kier alpha value is -1.32. The number of carbonyl (C=O) groups is 1. The molecule has 4 nitrogen and oxygen atoms in total. The van der Waals surface area contributed by atoms with E-state index in [9.17, 15) is 4.79 Å². The fourth-order valence-corrected chi connectivity index (χ4v) is 4.27. The molecule has 2 heterocycles. The van der Waals surface area contributed by atoms with Gasteiger partial charge in [0.1, 0.15) is 5.76 Å². The van der Waals surface area contributed by atoms with E-state index in [4.69, 9.17) is 4.42 Å². The molecule has 1 aromatic heterocycles. The number of aryl methyl sites for hydroxylation is 1. The predicted molar refractivity (Wildman–Crippen MR) is 71.8 cm³/mol. The van der Waals surface area contributed by atoms with Crippen LogP contribution in [-0.2, 0) is 0 Å². The summed E-state index contributed by atoms with van der Waals surface area (Å²) in [7, 11) is 0. The summed E-state index contributed by atoms with van der Waals surface area (Å²) in [6.07, 6.45) is 4.99. The summed E-state index contributed by atoms with van der Waals surface area (Å²) < 4.78 is 5.39. The molecule has 2 aliphatic rings. The van der Waals surface area contributed by atoms with Gasteiger partial charge in [0, 0.05) is 12.6 Å². The predicted octanol–water partition coefficient (Wildman–Crippen LogP) is 3.02. The number of amides is 1. The highest BCUT2D eigenvalue weighted by Gasteiger charge is 2.51. The molecule has 2 unspecified atom stereocenters. The van der Waals surface area contributed by atoms with Crippen LogP contribution in [-0.4, -0.2) is 28.4 Å². The summed E-state index contributed by atoms with van der Waals surface area (Å²) in [4.78, 5) is 18.6. The molecule has 104 valence electrons. The molecule has 2 fully saturated rings. The molecule has 0 N–H and O–H groups in total. The molecule has 1 saturated heterocycles. The minimum Gasteiger partial charge on any atom is -0.438 e.